The minimum absolute atomic E-state index is 0.0824. The summed E-state index contributed by atoms with van der Waals surface area (Å²) < 4.78 is 68.3. The van der Waals surface area contributed by atoms with Gasteiger partial charge in [-0.05, 0) is 30.7 Å². The van der Waals surface area contributed by atoms with Crippen molar-refractivity contribution in [2.75, 3.05) is 22.5 Å². The van der Waals surface area contributed by atoms with Crippen molar-refractivity contribution in [1.82, 2.24) is 0 Å². The number of nitrogens with zero attached hydrogens (tertiary/aromatic N) is 2. The number of thioether (sulfide) groups is 1. The smallest absolute Gasteiger partial charge is 0.325 e. The Kier molecular flexibility index (Phi) is 6.95. The highest BCUT2D eigenvalue weighted by Crippen LogP contribution is 2.36. The maximum Gasteiger partial charge on any atom is 0.418 e. The Morgan fingerprint density at radius 2 is 1.81 bits per heavy atom. The second kappa shape index (κ2) is 9.31. The number of amides is 1. The van der Waals surface area contributed by atoms with Gasteiger partial charge in [-0.3, -0.25) is 4.79 Å². The number of hydrogen-bond donors (Lipinski definition) is 1. The minimum Gasteiger partial charge on any atom is -0.325 e. The first kappa shape index (κ1) is 23.1. The van der Waals surface area contributed by atoms with Gasteiger partial charge in [-0.25, -0.2) is 0 Å². The number of carbonyl (C=O) groups is 1. The van der Waals surface area contributed by atoms with Crippen molar-refractivity contribution in [2.24, 2.45) is 4.40 Å². The Morgan fingerprint density at radius 1 is 1.13 bits per heavy atom. The summed E-state index contributed by atoms with van der Waals surface area (Å²) in [6, 6.07) is 11.1. The molecule has 11 heteroatoms. The van der Waals surface area contributed by atoms with Crippen molar-refractivity contribution in [3.8, 4) is 0 Å². The van der Waals surface area contributed by atoms with Crippen LogP contribution in [0.3, 0.4) is 0 Å². The number of alkyl halides is 3. The number of carbonyl (C=O) groups excluding carboxylic acids is 1. The SMILES string of the molecule is CCCCN1C(SCC(=O)Nc2ccccc2C(F)(F)F)=NS(=O)(=O)c2ccccc21. The van der Waals surface area contributed by atoms with Crippen LogP contribution in [0.1, 0.15) is 25.3 Å². The van der Waals surface area contributed by atoms with Gasteiger partial charge in [-0.2, -0.15) is 21.6 Å². The van der Waals surface area contributed by atoms with Crippen molar-refractivity contribution < 1.29 is 26.4 Å². The zero-order valence-corrected chi connectivity index (χ0v) is 18.1. The second-order valence-corrected chi connectivity index (χ2v) is 9.22. The largest absolute Gasteiger partial charge is 0.418 e. The molecule has 31 heavy (non-hydrogen) atoms. The molecule has 0 spiro atoms. The van der Waals surface area contributed by atoms with Crippen molar-refractivity contribution in [1.29, 1.82) is 0 Å². The van der Waals surface area contributed by atoms with Gasteiger partial charge in [-0.1, -0.05) is 49.4 Å². The van der Waals surface area contributed by atoms with Crippen LogP contribution >= 0.6 is 11.8 Å². The highest BCUT2D eigenvalue weighted by Gasteiger charge is 2.34. The fourth-order valence-electron chi connectivity index (χ4n) is 2.99. The van der Waals surface area contributed by atoms with E-state index >= 15 is 0 Å². The van der Waals surface area contributed by atoms with Crippen LogP contribution in [0, 0.1) is 0 Å². The molecular formula is C20H20F3N3O3S2. The van der Waals surface area contributed by atoms with Gasteiger partial charge in [0.05, 0.1) is 22.7 Å². The molecule has 0 fully saturated rings. The number of nitrogens with one attached hydrogen (secondary N) is 1. The van der Waals surface area contributed by atoms with Crippen molar-refractivity contribution in [3.05, 3.63) is 54.1 Å². The monoisotopic (exact) mass is 471 g/mol. The van der Waals surface area contributed by atoms with Gasteiger partial charge >= 0.3 is 6.18 Å². The number of benzene rings is 2. The molecule has 3 rings (SSSR count). The number of sulfonamides is 1. The average molecular weight is 472 g/mol. The van der Waals surface area contributed by atoms with Crippen LogP contribution in [0.2, 0.25) is 0 Å². The molecule has 0 atom stereocenters. The van der Waals surface area contributed by atoms with Gasteiger partial charge in [0.2, 0.25) is 5.91 Å². The van der Waals surface area contributed by atoms with Gasteiger partial charge in [0.1, 0.15) is 4.90 Å². The zero-order valence-electron chi connectivity index (χ0n) is 16.5. The summed E-state index contributed by atoms with van der Waals surface area (Å²) in [5.74, 6) is -0.998. The number of para-hydroxylation sites is 2. The molecule has 6 nitrogen and oxygen atoms in total. The van der Waals surface area contributed by atoms with Crippen LogP contribution in [0.15, 0.2) is 57.8 Å². The van der Waals surface area contributed by atoms with E-state index < -0.39 is 27.7 Å². The molecule has 2 aromatic carbocycles. The van der Waals surface area contributed by atoms with Gasteiger partial charge in [0.15, 0.2) is 5.17 Å². The van der Waals surface area contributed by atoms with E-state index in [1.165, 1.54) is 18.2 Å². The second-order valence-electron chi connectivity index (χ2n) is 6.70. The van der Waals surface area contributed by atoms with Gasteiger partial charge in [0, 0.05) is 6.54 Å². The maximum absolute atomic E-state index is 13.1. The molecule has 1 amide bonds. The van der Waals surface area contributed by atoms with Crippen LogP contribution in [0.25, 0.3) is 0 Å². The van der Waals surface area contributed by atoms with Gasteiger partial charge in [-0.15, -0.1) is 4.40 Å². The Labute approximate surface area is 182 Å². The van der Waals surface area contributed by atoms with E-state index in [0.29, 0.717) is 12.2 Å². The topological polar surface area (TPSA) is 78.8 Å². The summed E-state index contributed by atoms with van der Waals surface area (Å²) >= 11 is 0.866. The summed E-state index contributed by atoms with van der Waals surface area (Å²) in [7, 11) is -3.94. The Bertz CT molecular complexity index is 1100. The highest BCUT2D eigenvalue weighted by atomic mass is 32.2. The zero-order chi connectivity index (χ0) is 22.6. The van der Waals surface area contributed by atoms with E-state index in [-0.39, 0.29) is 21.5 Å². The predicted molar refractivity (Wildman–Crippen MR) is 116 cm³/mol. The minimum atomic E-state index is -4.61. The molecule has 0 aromatic heterocycles. The molecule has 166 valence electrons. The number of rotatable bonds is 6. The maximum atomic E-state index is 13.1. The lowest BCUT2D eigenvalue weighted by Gasteiger charge is -2.30. The van der Waals surface area contributed by atoms with Crippen molar-refractivity contribution in [2.45, 2.75) is 30.8 Å². The number of anilines is 2. The molecule has 0 bridgehead atoms. The van der Waals surface area contributed by atoms with Crippen LogP contribution < -0.4 is 10.2 Å². The van der Waals surface area contributed by atoms with Gasteiger partial charge < -0.3 is 10.2 Å². The van der Waals surface area contributed by atoms with Crippen molar-refractivity contribution >= 4 is 44.2 Å². The first-order chi connectivity index (χ1) is 14.6. The molecule has 1 N–H and O–H groups in total. The molecule has 0 unspecified atom stereocenters. The van der Waals surface area contributed by atoms with Crippen molar-refractivity contribution in [3.63, 3.8) is 0 Å². The molecule has 0 aliphatic carbocycles. The molecule has 1 aliphatic rings. The molecule has 1 aliphatic heterocycles. The lowest BCUT2D eigenvalue weighted by atomic mass is 10.1. The van der Waals surface area contributed by atoms with Crippen LogP contribution in [-0.2, 0) is 21.0 Å². The first-order valence-corrected chi connectivity index (χ1v) is 11.9. The number of halogens is 3. The Hall–Kier alpha value is -2.53. The number of amidine groups is 1. The predicted octanol–water partition coefficient (Wildman–Crippen LogP) is 4.74. The first-order valence-electron chi connectivity index (χ1n) is 9.44. The third-order valence-corrected chi connectivity index (χ3v) is 6.84. The number of fused-ring (bicyclic) bond motifs is 1. The molecular weight excluding hydrogens is 451 g/mol. The standard InChI is InChI=1S/C20H20F3N3O3S2/c1-2-3-12-26-16-10-6-7-11-17(16)31(28,29)25-19(26)30-13-18(27)24-15-9-5-4-8-14(15)20(21,22)23/h4-11H,2-3,12-13H2,1H3,(H,24,27). The number of unbranched alkanes of at least 4 members (excludes halogenated alkanes) is 1. The van der Waals surface area contributed by atoms with Crippen LogP contribution in [-0.4, -0.2) is 31.8 Å². The summed E-state index contributed by atoms with van der Waals surface area (Å²) in [6.07, 6.45) is -2.99. The average Bonchev–Trinajstić information content (AvgIpc) is 2.71. The van der Waals surface area contributed by atoms with Crippen LogP contribution in [0.5, 0.6) is 0 Å². The van der Waals surface area contributed by atoms with E-state index in [2.05, 4.69) is 9.71 Å². The molecule has 0 radical (unpaired) electrons. The Morgan fingerprint density at radius 3 is 2.52 bits per heavy atom. The summed E-state index contributed by atoms with van der Waals surface area (Å²) in [4.78, 5) is 14.1. The normalized spacial score (nSPS) is 15.2. The lowest BCUT2D eigenvalue weighted by molar-refractivity contribution is -0.137. The lowest BCUT2D eigenvalue weighted by Crippen LogP contribution is -2.35. The van der Waals surface area contributed by atoms with E-state index in [9.17, 15) is 26.4 Å². The third-order valence-electron chi connectivity index (χ3n) is 4.44. The molecule has 0 saturated heterocycles. The van der Waals surface area contributed by atoms with E-state index in [1.807, 2.05) is 6.92 Å². The molecule has 2 aromatic rings. The van der Waals surface area contributed by atoms with Crippen LogP contribution in [0.4, 0.5) is 24.5 Å². The van der Waals surface area contributed by atoms with E-state index in [4.69, 9.17) is 0 Å². The Balaban J connectivity index is 1.79. The van der Waals surface area contributed by atoms with Gasteiger partial charge in [0.25, 0.3) is 10.0 Å². The summed E-state index contributed by atoms with van der Waals surface area (Å²) in [6.45, 7) is 2.48. The summed E-state index contributed by atoms with van der Waals surface area (Å²) in [5.41, 5.74) is -0.840. The highest BCUT2D eigenvalue weighted by molar-refractivity contribution is 8.15. The molecule has 1 heterocycles. The fraction of sp³-hybridized carbons (Fsp3) is 0.300. The third kappa shape index (κ3) is 5.40. The number of hydrogen-bond acceptors (Lipinski definition) is 5. The van der Waals surface area contributed by atoms with E-state index in [0.717, 1.165) is 36.7 Å². The van der Waals surface area contributed by atoms with E-state index in [1.54, 1.807) is 23.1 Å². The summed E-state index contributed by atoms with van der Waals surface area (Å²) in [5, 5.41) is 2.37. The quantitative estimate of drug-likeness (QED) is 0.658. The molecule has 0 saturated carbocycles. The fourth-order valence-corrected chi connectivity index (χ4v) is 5.27.